The van der Waals surface area contributed by atoms with E-state index in [9.17, 15) is 4.57 Å². The second-order valence-electron chi connectivity index (χ2n) is 0.879. The summed E-state index contributed by atoms with van der Waals surface area (Å²) in [5.41, 5.74) is 4.75. The highest BCUT2D eigenvalue weighted by molar-refractivity contribution is 7.23. The zero-order chi connectivity index (χ0) is 4.99. The Kier molecular flexibility index (Phi) is 3.23. The Morgan fingerprint density at radius 3 is 2.50 bits per heavy atom. The number of nitrogens with two attached hydrogens (primary N) is 1. The average molecular weight is 107 g/mol. The van der Waals surface area contributed by atoms with Gasteiger partial charge in [-0.3, -0.25) is 4.57 Å². The summed E-state index contributed by atoms with van der Waals surface area (Å²) in [6.45, 7) is 0. The van der Waals surface area contributed by atoms with Crippen molar-refractivity contribution in [1.82, 2.24) is 0 Å². The molecule has 0 aromatic carbocycles. The van der Waals surface area contributed by atoms with Crippen molar-refractivity contribution in [2.45, 2.75) is 6.23 Å². The van der Waals surface area contributed by atoms with Crippen molar-refractivity contribution >= 4 is 8.46 Å². The molecule has 0 saturated heterocycles. The summed E-state index contributed by atoms with van der Waals surface area (Å²) in [5.74, 6) is 0. The van der Waals surface area contributed by atoms with E-state index in [-0.39, 0.29) is 14.6 Å². The van der Waals surface area contributed by atoms with Crippen molar-refractivity contribution in [2.75, 3.05) is 6.16 Å². The molecule has 3 N–H and O–H groups in total. The number of hydrogen-bond donors (Lipinski definition) is 2. The number of aliphatic hydroxyl groups excluding tert-OH is 1. The maximum Gasteiger partial charge on any atom is 0.159 e. The van der Waals surface area contributed by atoms with Crippen molar-refractivity contribution in [3.8, 4) is 0 Å². The molecule has 0 aliphatic heterocycles. The lowest BCUT2D eigenvalue weighted by Gasteiger charge is -1.89. The van der Waals surface area contributed by atoms with Gasteiger partial charge in [-0.1, -0.05) is 0 Å². The molecule has 4 heteroatoms. The first-order valence-electron chi connectivity index (χ1n) is 1.50. The molecule has 0 radical (unpaired) electrons. The first kappa shape index (κ1) is 6.02. The first-order chi connectivity index (χ1) is 2.77. The van der Waals surface area contributed by atoms with E-state index >= 15 is 0 Å². The largest absolute Gasteiger partial charge is 0.378 e. The molecule has 1 unspecified atom stereocenters. The molecule has 0 rings (SSSR count). The molecule has 0 saturated carbocycles. The summed E-state index contributed by atoms with van der Waals surface area (Å²) in [6.07, 6.45) is -0.802. The van der Waals surface area contributed by atoms with E-state index in [2.05, 4.69) is 0 Å². The predicted molar refractivity (Wildman–Crippen MR) is 22.7 cm³/mol. The molecule has 0 aromatic heterocycles. The third kappa shape index (κ3) is 4.02. The van der Waals surface area contributed by atoms with Crippen molar-refractivity contribution < 1.29 is 9.67 Å². The third-order valence-corrected chi connectivity index (χ3v) is 0.785. The van der Waals surface area contributed by atoms with Crippen LogP contribution >= 0.6 is 8.46 Å². The van der Waals surface area contributed by atoms with Gasteiger partial charge < -0.3 is 10.8 Å². The van der Waals surface area contributed by atoms with Crippen molar-refractivity contribution in [3.05, 3.63) is 0 Å². The van der Waals surface area contributed by atoms with Gasteiger partial charge in [0, 0.05) is 0 Å². The molecule has 0 aliphatic rings. The molecule has 0 aromatic rings. The lowest BCUT2D eigenvalue weighted by atomic mass is 10.7. The van der Waals surface area contributed by atoms with Crippen LogP contribution in [0, 0.1) is 0 Å². The highest BCUT2D eigenvalue weighted by Gasteiger charge is 1.89. The van der Waals surface area contributed by atoms with Gasteiger partial charge in [0.15, 0.2) is 8.46 Å². The molecule has 1 atom stereocenters. The van der Waals surface area contributed by atoms with E-state index in [1.54, 1.807) is 0 Å². The van der Waals surface area contributed by atoms with E-state index in [0.717, 1.165) is 0 Å². The van der Waals surface area contributed by atoms with Crippen LogP contribution in [0.2, 0.25) is 0 Å². The molecule has 0 amide bonds. The van der Waals surface area contributed by atoms with Crippen LogP contribution < -0.4 is 5.73 Å². The highest BCUT2D eigenvalue weighted by Crippen LogP contribution is 1.88. The Labute approximate surface area is 37.4 Å². The van der Waals surface area contributed by atoms with Crippen LogP contribution in [0.1, 0.15) is 0 Å². The fourth-order valence-corrected chi connectivity index (χ4v) is 0.229. The normalized spacial score (nSPS) is 15.0. The van der Waals surface area contributed by atoms with Crippen LogP contribution in [-0.2, 0) is 4.57 Å². The Hall–Kier alpha value is 0.0200. The molecule has 0 fully saturated rings. The van der Waals surface area contributed by atoms with Crippen LogP contribution in [0.5, 0.6) is 0 Å². The van der Waals surface area contributed by atoms with Gasteiger partial charge in [0.05, 0.1) is 6.16 Å². The van der Waals surface area contributed by atoms with Crippen LogP contribution in [0.15, 0.2) is 0 Å². The van der Waals surface area contributed by atoms with Gasteiger partial charge in [-0.25, -0.2) is 0 Å². The zero-order valence-electron chi connectivity index (χ0n) is 3.16. The molecular weight excluding hydrogens is 101 g/mol. The minimum atomic E-state index is -0.927. The number of hydrogen-bond acceptors (Lipinski definition) is 3. The topological polar surface area (TPSA) is 63.3 Å². The molecule has 0 spiro atoms. The minimum absolute atomic E-state index is 0.101. The van der Waals surface area contributed by atoms with Crippen LogP contribution in [0.3, 0.4) is 0 Å². The predicted octanol–water partition coefficient (Wildman–Crippen LogP) is -0.445. The second-order valence-corrected chi connectivity index (χ2v) is 1.50. The van der Waals surface area contributed by atoms with Gasteiger partial charge in [0.1, 0.15) is 6.23 Å². The maximum atomic E-state index is 9.47. The smallest absolute Gasteiger partial charge is 0.159 e. The molecule has 0 bridgehead atoms. The van der Waals surface area contributed by atoms with Crippen molar-refractivity contribution in [1.29, 1.82) is 0 Å². The van der Waals surface area contributed by atoms with Gasteiger partial charge in [0.2, 0.25) is 0 Å². The van der Waals surface area contributed by atoms with E-state index in [4.69, 9.17) is 10.8 Å². The average Bonchev–Trinajstić information content (AvgIpc) is 1.35. The summed E-state index contributed by atoms with van der Waals surface area (Å²) >= 11 is 0. The Bertz CT molecular complexity index is 46.8. The second kappa shape index (κ2) is 3.22. The first-order valence-corrected chi connectivity index (χ1v) is 2.50. The van der Waals surface area contributed by atoms with Crippen molar-refractivity contribution in [3.63, 3.8) is 0 Å². The molecular formula is C2H6NO2P. The number of rotatable bonds is 2. The molecule has 0 heterocycles. The monoisotopic (exact) mass is 107 g/mol. The third-order valence-electron chi connectivity index (χ3n) is 0.262. The highest BCUT2D eigenvalue weighted by atomic mass is 31.1. The molecule has 0 aliphatic carbocycles. The van der Waals surface area contributed by atoms with E-state index in [0.29, 0.717) is 0 Å². The Balaban J connectivity index is 2.81. The SMILES string of the molecule is NC(O)CP=O. The molecule has 3 nitrogen and oxygen atoms in total. The zero-order valence-corrected chi connectivity index (χ0v) is 4.06. The van der Waals surface area contributed by atoms with E-state index in [1.165, 1.54) is 0 Å². The van der Waals surface area contributed by atoms with E-state index < -0.39 is 6.23 Å². The van der Waals surface area contributed by atoms with Gasteiger partial charge >= 0.3 is 0 Å². The van der Waals surface area contributed by atoms with E-state index in [1.807, 2.05) is 0 Å². The Morgan fingerprint density at radius 1 is 2.00 bits per heavy atom. The minimum Gasteiger partial charge on any atom is -0.378 e. The molecule has 6 heavy (non-hydrogen) atoms. The van der Waals surface area contributed by atoms with Gasteiger partial charge in [-0.15, -0.1) is 0 Å². The van der Waals surface area contributed by atoms with Crippen LogP contribution in [0.25, 0.3) is 0 Å². The van der Waals surface area contributed by atoms with Crippen LogP contribution in [0.4, 0.5) is 0 Å². The van der Waals surface area contributed by atoms with Gasteiger partial charge in [0.25, 0.3) is 0 Å². The summed E-state index contributed by atoms with van der Waals surface area (Å²) in [5, 5.41) is 8.12. The summed E-state index contributed by atoms with van der Waals surface area (Å²) in [4.78, 5) is 0. The standard InChI is InChI=1S/C2H6NO2P/c3-2(4)1-6-5/h2,4H,1,3H2. The lowest BCUT2D eigenvalue weighted by molar-refractivity contribution is 0.206. The Morgan fingerprint density at radius 2 is 2.50 bits per heavy atom. The van der Waals surface area contributed by atoms with Gasteiger partial charge in [-0.2, -0.15) is 0 Å². The summed E-state index contributed by atoms with van der Waals surface area (Å²) in [7, 11) is -0.101. The van der Waals surface area contributed by atoms with Crippen LogP contribution in [-0.4, -0.2) is 17.5 Å². The van der Waals surface area contributed by atoms with Gasteiger partial charge in [-0.05, 0) is 0 Å². The van der Waals surface area contributed by atoms with Crippen molar-refractivity contribution in [2.24, 2.45) is 5.73 Å². The maximum absolute atomic E-state index is 9.47. The fourth-order valence-electron chi connectivity index (χ4n) is 0.0764. The summed E-state index contributed by atoms with van der Waals surface area (Å²) < 4.78 is 9.47. The fraction of sp³-hybridized carbons (Fsp3) is 1.00. The molecule has 36 valence electrons. The number of aliphatic hydroxyl groups is 1. The summed E-state index contributed by atoms with van der Waals surface area (Å²) in [6, 6.07) is 0. The lowest BCUT2D eigenvalue weighted by Crippen LogP contribution is -2.19. The quantitative estimate of drug-likeness (QED) is 0.371.